The Morgan fingerprint density at radius 2 is 1.43 bits per heavy atom. The van der Waals surface area contributed by atoms with Crippen molar-refractivity contribution in [1.29, 1.82) is 0 Å². The van der Waals surface area contributed by atoms with Gasteiger partial charge in [0.2, 0.25) is 0 Å². The van der Waals surface area contributed by atoms with Crippen LogP contribution in [0.5, 0.6) is 0 Å². The van der Waals surface area contributed by atoms with E-state index in [1.807, 2.05) is 11.8 Å². The zero-order valence-electron chi connectivity index (χ0n) is 12.9. The highest BCUT2D eigenvalue weighted by Gasteiger charge is 2.19. The van der Waals surface area contributed by atoms with Gasteiger partial charge in [-0.25, -0.2) is 0 Å². The summed E-state index contributed by atoms with van der Waals surface area (Å²) in [5, 5.41) is 47.6. The third-order valence-corrected chi connectivity index (χ3v) is 3.41. The Hall–Kier alpha value is -0.280. The van der Waals surface area contributed by atoms with E-state index in [0.717, 1.165) is 0 Å². The molecule has 0 aliphatic rings. The molecule has 0 saturated heterocycles. The maximum Gasteiger partial charge on any atom is 0.0691 e. The minimum absolute atomic E-state index is 0.117. The largest absolute Gasteiger partial charge is 0.396 e. The van der Waals surface area contributed by atoms with Crippen LogP contribution in [0.2, 0.25) is 0 Å². The highest BCUT2D eigenvalue weighted by atomic mass is 16.3. The molecule has 7 nitrogen and oxygen atoms in total. The molecule has 0 amide bonds. The van der Waals surface area contributed by atoms with Gasteiger partial charge >= 0.3 is 0 Å². The minimum Gasteiger partial charge on any atom is -0.396 e. The van der Waals surface area contributed by atoms with Crippen LogP contribution in [0, 0.1) is 0 Å². The van der Waals surface area contributed by atoms with Crippen molar-refractivity contribution in [2.75, 3.05) is 32.8 Å². The van der Waals surface area contributed by atoms with Crippen molar-refractivity contribution in [1.82, 2.24) is 4.90 Å². The molecule has 0 aromatic rings. The smallest absolute Gasteiger partial charge is 0.0691 e. The van der Waals surface area contributed by atoms with E-state index in [1.54, 1.807) is 0 Å². The van der Waals surface area contributed by atoms with Gasteiger partial charge in [0.05, 0.1) is 24.4 Å². The number of nitrogens with zero attached hydrogens (tertiary/aromatic N) is 1. The lowest BCUT2D eigenvalue weighted by Gasteiger charge is -2.28. The molecular formula is C14H32N2O5. The fraction of sp³-hybridized carbons (Fsp3) is 1.00. The van der Waals surface area contributed by atoms with E-state index in [4.69, 9.17) is 10.8 Å². The van der Waals surface area contributed by atoms with Crippen molar-refractivity contribution in [3.8, 4) is 0 Å². The van der Waals surface area contributed by atoms with Crippen LogP contribution >= 0.6 is 0 Å². The van der Waals surface area contributed by atoms with Crippen LogP contribution in [0.3, 0.4) is 0 Å². The predicted molar refractivity (Wildman–Crippen MR) is 80.7 cm³/mol. The van der Waals surface area contributed by atoms with Crippen LogP contribution in [0.15, 0.2) is 0 Å². The molecule has 0 aromatic carbocycles. The molecule has 128 valence electrons. The van der Waals surface area contributed by atoms with Crippen LogP contribution in [-0.2, 0) is 0 Å². The fourth-order valence-electron chi connectivity index (χ4n) is 2.25. The third kappa shape index (κ3) is 11.0. The van der Waals surface area contributed by atoms with Crippen LogP contribution < -0.4 is 5.73 Å². The number of aliphatic hydroxyl groups is 5. The number of hydrogen-bond acceptors (Lipinski definition) is 7. The van der Waals surface area contributed by atoms with Crippen molar-refractivity contribution in [3.63, 3.8) is 0 Å². The van der Waals surface area contributed by atoms with Crippen LogP contribution in [0.25, 0.3) is 0 Å². The summed E-state index contributed by atoms with van der Waals surface area (Å²) in [6.45, 7) is 3.26. The van der Waals surface area contributed by atoms with Gasteiger partial charge in [-0.15, -0.1) is 0 Å². The SMILES string of the molecule is CCC(O)C[C@@H](O)CN(CCN)CC(O)CC(O)CCO. The van der Waals surface area contributed by atoms with Gasteiger partial charge in [-0.2, -0.15) is 0 Å². The molecular weight excluding hydrogens is 276 g/mol. The van der Waals surface area contributed by atoms with Gasteiger partial charge in [0.1, 0.15) is 0 Å². The summed E-state index contributed by atoms with van der Waals surface area (Å²) in [7, 11) is 0. The van der Waals surface area contributed by atoms with Crippen molar-refractivity contribution >= 4 is 0 Å². The number of nitrogens with two attached hydrogens (primary N) is 1. The Bertz CT molecular complexity index is 245. The standard InChI is InChI=1S/C14H32N2O5/c1-2-11(18)7-13(20)9-16(5-4-15)10-14(21)8-12(19)3-6-17/h11-14,17-21H,2-10,15H2,1H3/t11?,12?,13-,14?/m1/s1. The number of aliphatic hydroxyl groups excluding tert-OH is 5. The lowest BCUT2D eigenvalue weighted by molar-refractivity contribution is 0.0202. The van der Waals surface area contributed by atoms with E-state index >= 15 is 0 Å². The van der Waals surface area contributed by atoms with Crippen LogP contribution in [0.4, 0.5) is 0 Å². The second-order valence-electron chi connectivity index (χ2n) is 5.56. The zero-order chi connectivity index (χ0) is 16.3. The molecule has 21 heavy (non-hydrogen) atoms. The first-order valence-corrected chi connectivity index (χ1v) is 7.68. The molecule has 7 heteroatoms. The molecule has 0 fully saturated rings. The van der Waals surface area contributed by atoms with Gasteiger partial charge < -0.3 is 31.3 Å². The average Bonchev–Trinajstić information content (AvgIpc) is 2.38. The molecule has 0 radical (unpaired) electrons. The monoisotopic (exact) mass is 308 g/mol. The second-order valence-corrected chi connectivity index (χ2v) is 5.56. The predicted octanol–water partition coefficient (Wildman–Crippen LogP) is -1.74. The summed E-state index contributed by atoms with van der Waals surface area (Å²) in [6, 6.07) is 0. The maximum absolute atomic E-state index is 9.93. The maximum atomic E-state index is 9.93. The lowest BCUT2D eigenvalue weighted by atomic mass is 10.1. The van der Waals surface area contributed by atoms with E-state index < -0.39 is 24.4 Å². The number of rotatable bonds is 13. The molecule has 0 aliphatic heterocycles. The Kier molecular flexibility index (Phi) is 12.1. The number of hydrogen-bond donors (Lipinski definition) is 6. The Morgan fingerprint density at radius 1 is 0.905 bits per heavy atom. The van der Waals surface area contributed by atoms with Gasteiger partial charge in [-0.05, 0) is 12.8 Å². The van der Waals surface area contributed by atoms with Crippen LogP contribution in [0.1, 0.15) is 32.6 Å². The highest BCUT2D eigenvalue weighted by Crippen LogP contribution is 2.08. The van der Waals surface area contributed by atoms with Crippen molar-refractivity contribution in [3.05, 3.63) is 0 Å². The summed E-state index contributed by atoms with van der Waals surface area (Å²) < 4.78 is 0. The quantitative estimate of drug-likeness (QED) is 0.238. The van der Waals surface area contributed by atoms with Gasteiger partial charge in [0.15, 0.2) is 0 Å². The highest BCUT2D eigenvalue weighted by molar-refractivity contribution is 4.73. The summed E-state index contributed by atoms with van der Waals surface area (Å²) >= 11 is 0. The average molecular weight is 308 g/mol. The van der Waals surface area contributed by atoms with Gasteiger partial charge in [-0.1, -0.05) is 6.92 Å². The van der Waals surface area contributed by atoms with Crippen molar-refractivity contribution in [2.45, 2.75) is 57.0 Å². The van der Waals surface area contributed by atoms with E-state index in [9.17, 15) is 20.4 Å². The second kappa shape index (κ2) is 12.3. The Balaban J connectivity index is 4.21. The zero-order valence-corrected chi connectivity index (χ0v) is 12.9. The van der Waals surface area contributed by atoms with Crippen molar-refractivity contribution in [2.24, 2.45) is 5.73 Å². The minimum atomic E-state index is -0.749. The molecule has 7 N–H and O–H groups in total. The molecule has 0 bridgehead atoms. The Morgan fingerprint density at radius 3 is 1.86 bits per heavy atom. The van der Waals surface area contributed by atoms with E-state index in [1.165, 1.54) is 0 Å². The first-order valence-electron chi connectivity index (χ1n) is 7.68. The summed E-state index contributed by atoms with van der Waals surface area (Å²) in [5.74, 6) is 0. The summed E-state index contributed by atoms with van der Waals surface area (Å²) in [4.78, 5) is 1.82. The van der Waals surface area contributed by atoms with Crippen LogP contribution in [-0.4, -0.2) is 87.6 Å². The molecule has 0 rings (SSSR count). The van der Waals surface area contributed by atoms with Gasteiger partial charge in [0.25, 0.3) is 0 Å². The van der Waals surface area contributed by atoms with E-state index in [2.05, 4.69) is 0 Å². The summed E-state index contributed by atoms with van der Waals surface area (Å²) in [5.41, 5.74) is 5.52. The topological polar surface area (TPSA) is 130 Å². The molecule has 4 atom stereocenters. The molecule has 0 aromatic heterocycles. The van der Waals surface area contributed by atoms with Gasteiger partial charge in [-0.3, -0.25) is 4.90 Å². The fourth-order valence-corrected chi connectivity index (χ4v) is 2.25. The van der Waals surface area contributed by atoms with Gasteiger partial charge in [0, 0.05) is 45.6 Å². The lowest BCUT2D eigenvalue weighted by Crippen LogP contribution is -2.42. The first kappa shape index (κ1) is 20.7. The molecule has 0 spiro atoms. The Labute approximate surface area is 127 Å². The summed E-state index contributed by atoms with van der Waals surface area (Å²) in [6.07, 6.45) is -1.41. The normalized spacial score (nSPS) is 17.7. The van der Waals surface area contributed by atoms with Crippen molar-refractivity contribution < 1.29 is 25.5 Å². The molecule has 3 unspecified atom stereocenters. The molecule has 0 aliphatic carbocycles. The molecule has 0 heterocycles. The molecule has 0 saturated carbocycles. The first-order chi connectivity index (χ1) is 9.92. The third-order valence-electron chi connectivity index (χ3n) is 3.41. The van der Waals surface area contributed by atoms with E-state index in [0.29, 0.717) is 39.0 Å². The van der Waals surface area contributed by atoms with E-state index in [-0.39, 0.29) is 19.4 Å².